The minimum Gasteiger partial charge on any atom is -0.481 e. The Bertz CT molecular complexity index is 2510. The molecule has 0 aromatic heterocycles. The number of rotatable bonds is 13. The van der Waals surface area contributed by atoms with E-state index in [1.165, 1.54) is 19.4 Å². The van der Waals surface area contributed by atoms with Gasteiger partial charge in [-0.25, -0.2) is 0 Å². The summed E-state index contributed by atoms with van der Waals surface area (Å²) in [5.74, 6) is -0.0708. The molecule has 27 heteroatoms. The Balaban J connectivity index is 0.698. The third-order valence-electron chi connectivity index (χ3n) is 24.1. The maximum Gasteiger partial charge on any atom is 0.310 e. The van der Waals surface area contributed by atoms with E-state index in [9.17, 15) is 76.3 Å². The quantitative estimate of drug-likeness (QED) is 0.0760. The van der Waals surface area contributed by atoms with E-state index in [-0.39, 0.29) is 46.2 Å². The molecule has 0 spiro atoms. The SMILES string of the molecule is C[C@@H]1O[C@@H](O[C@@H]2[C@@H](O)[C@H](O[C@@H]3[C@@H](O)[C@H](C)O[C@@H](O[C@@H]4CO[C@@H](O[C@@H]5[C@@H](O)[C@H](O[C@H]6CC[C@]7(C)[C@H]8CC=C9[C@@H]%10CC(C)(C)CC[C@]%10(C(=O)O)CC[C@@]9(C)[C@]8(C)CC[C@H]7C6(C)C)OC[C@H]5O)[C@H](O)[C@H]4O)[C@@H]3O)OC[C@H]2O)[C@H](O[C@@H]2OC[C@@H](O)[C@H](O)[C@H]2O)[C@H](O)[C@H]1O. The lowest BCUT2D eigenvalue weighted by Gasteiger charge is -2.71. The fourth-order valence-corrected chi connectivity index (χ4v) is 18.4. The minimum absolute atomic E-state index is 0.0125. The largest absolute Gasteiger partial charge is 0.481 e. The average molecular weight is 1280 g/mol. The van der Waals surface area contributed by atoms with Crippen molar-refractivity contribution in [1.29, 1.82) is 0 Å². The van der Waals surface area contributed by atoms with Crippen LogP contribution in [0.25, 0.3) is 0 Å². The molecule has 11 aliphatic rings. The van der Waals surface area contributed by atoms with Gasteiger partial charge in [-0.3, -0.25) is 4.79 Å². The highest BCUT2D eigenvalue weighted by Gasteiger charge is 2.70. The van der Waals surface area contributed by atoms with E-state index in [1.54, 1.807) is 0 Å². The molecule has 0 unspecified atom stereocenters. The van der Waals surface area contributed by atoms with E-state index in [0.717, 1.165) is 44.9 Å². The van der Waals surface area contributed by atoms with Gasteiger partial charge < -0.3 is 128 Å². The summed E-state index contributed by atoms with van der Waals surface area (Å²) in [5, 5.41) is 155. The number of fused-ring (bicyclic) bond motifs is 7. The van der Waals surface area contributed by atoms with Crippen molar-refractivity contribution >= 4 is 5.97 Å². The molecule has 89 heavy (non-hydrogen) atoms. The Labute approximate surface area is 518 Å². The van der Waals surface area contributed by atoms with Crippen molar-refractivity contribution in [2.45, 2.75) is 292 Å². The highest BCUT2D eigenvalue weighted by Crippen LogP contribution is 2.76. The van der Waals surface area contributed by atoms with Crippen molar-refractivity contribution in [2.24, 2.45) is 50.2 Å². The topological polar surface area (TPSA) is 411 Å². The number of hydrogen-bond donors (Lipinski definition) is 14. The summed E-state index contributed by atoms with van der Waals surface area (Å²) in [7, 11) is 0. The van der Waals surface area contributed by atoms with E-state index < -0.39 is 196 Å². The zero-order valence-corrected chi connectivity index (χ0v) is 52.4. The van der Waals surface area contributed by atoms with Crippen LogP contribution in [-0.4, -0.2) is 270 Å². The standard InChI is InChI=1S/C62H100O27/c1-25-36(66)40(70)49(89-50-41(71)38(68)29(63)21-78-50)55(83-25)87-47-31(65)23-80-53(44(47)74)88-48-37(67)26(2)82-54(45(48)75)84-32-24-81-51(42(72)39(32)69)86-46-30(64)22-79-52(43(46)73)85-35-13-14-59(7)33(58(35,5)6)12-15-61(9)34(59)11-10-27-28-20-57(3,4)16-18-62(28,56(76)77)19-17-60(27,61)8/h10,25-26,28-55,63-75H,11-24H2,1-9H3,(H,76,77)/t25-,26-,28-,29+,30+,31+,32+,33-,34+,35-,36-,37-,38-,39-,40+,41+,42+,43+,44+,45+,46-,47-,48+,49+,50-,51-,52-,53-,54-,55-,59-,60+,61+,62-/m0/s1. The zero-order valence-electron chi connectivity index (χ0n) is 52.4. The van der Waals surface area contributed by atoms with Crippen LogP contribution < -0.4 is 0 Å². The lowest BCUT2D eigenvalue weighted by molar-refractivity contribution is -0.387. The van der Waals surface area contributed by atoms with Crippen molar-refractivity contribution in [3.8, 4) is 0 Å². The molecule has 14 N–H and O–H groups in total. The molecule has 0 aromatic carbocycles. The Hall–Kier alpha value is -1.79. The van der Waals surface area contributed by atoms with Crippen LogP contribution in [-0.2, 0) is 61.6 Å². The van der Waals surface area contributed by atoms with Crippen molar-refractivity contribution in [3.05, 3.63) is 11.6 Å². The molecule has 6 saturated heterocycles. The Morgan fingerprint density at radius 3 is 1.63 bits per heavy atom. The Morgan fingerprint density at radius 2 is 0.989 bits per heavy atom. The predicted octanol–water partition coefficient (Wildman–Crippen LogP) is -1.21. The highest BCUT2D eigenvalue weighted by molar-refractivity contribution is 5.76. The number of carboxylic acids is 1. The lowest BCUT2D eigenvalue weighted by atomic mass is 9.33. The molecule has 0 bridgehead atoms. The molecule has 510 valence electrons. The molecule has 6 heterocycles. The molecule has 0 aromatic rings. The number of allylic oxidation sites excluding steroid dienone is 2. The molecule has 4 saturated carbocycles. The number of carbonyl (C=O) groups is 1. The number of hydrogen-bond acceptors (Lipinski definition) is 26. The third kappa shape index (κ3) is 11.8. The Morgan fingerprint density at radius 1 is 0.472 bits per heavy atom. The minimum atomic E-state index is -1.94. The van der Waals surface area contributed by atoms with Crippen LogP contribution in [0.5, 0.6) is 0 Å². The van der Waals surface area contributed by atoms with E-state index in [0.29, 0.717) is 25.2 Å². The summed E-state index contributed by atoms with van der Waals surface area (Å²) in [6.07, 6.45) is -31.4. The van der Waals surface area contributed by atoms with E-state index in [1.807, 2.05) is 0 Å². The van der Waals surface area contributed by atoms with Crippen LogP contribution in [0.15, 0.2) is 11.6 Å². The average Bonchev–Trinajstić information content (AvgIpc) is 0.687. The molecule has 10 fully saturated rings. The van der Waals surface area contributed by atoms with Gasteiger partial charge in [-0.05, 0) is 123 Å². The molecular weight excluding hydrogens is 1180 g/mol. The maximum absolute atomic E-state index is 13.2. The second kappa shape index (κ2) is 25.3. The van der Waals surface area contributed by atoms with Crippen LogP contribution in [0.3, 0.4) is 0 Å². The molecule has 0 amide bonds. The summed E-state index contributed by atoms with van der Waals surface area (Å²) >= 11 is 0. The first-order chi connectivity index (χ1) is 41.7. The van der Waals surface area contributed by atoms with Gasteiger partial charge in [0.05, 0.1) is 50.2 Å². The van der Waals surface area contributed by atoms with Gasteiger partial charge in [0, 0.05) is 0 Å². The predicted molar refractivity (Wildman–Crippen MR) is 302 cm³/mol. The van der Waals surface area contributed by atoms with Gasteiger partial charge in [0.2, 0.25) is 0 Å². The molecule has 27 nitrogen and oxygen atoms in total. The van der Waals surface area contributed by atoms with Crippen LogP contribution in [0.1, 0.15) is 127 Å². The first-order valence-corrected chi connectivity index (χ1v) is 32.2. The van der Waals surface area contributed by atoms with Gasteiger partial charge in [-0.1, -0.05) is 60.1 Å². The molecule has 11 rings (SSSR count). The summed E-state index contributed by atoms with van der Waals surface area (Å²) in [6, 6.07) is 0. The highest BCUT2D eigenvalue weighted by atomic mass is 16.8. The second-order valence-corrected chi connectivity index (χ2v) is 30.1. The Kier molecular flexibility index (Phi) is 19.5. The second-order valence-electron chi connectivity index (χ2n) is 30.1. The molecule has 34 atom stereocenters. The third-order valence-corrected chi connectivity index (χ3v) is 24.1. The first kappa shape index (κ1) is 68.6. The van der Waals surface area contributed by atoms with Crippen LogP contribution in [0.2, 0.25) is 0 Å². The van der Waals surface area contributed by atoms with Gasteiger partial charge in [0.25, 0.3) is 0 Å². The van der Waals surface area contributed by atoms with Gasteiger partial charge in [0.1, 0.15) is 110 Å². The molecule has 0 radical (unpaired) electrons. The maximum atomic E-state index is 13.2. The molecule has 5 aliphatic carbocycles. The number of ether oxygens (including phenoxy) is 12. The van der Waals surface area contributed by atoms with Crippen molar-refractivity contribution in [3.63, 3.8) is 0 Å². The molecular formula is C62H100O27. The van der Waals surface area contributed by atoms with Crippen molar-refractivity contribution in [1.82, 2.24) is 0 Å². The summed E-state index contributed by atoms with van der Waals surface area (Å²) in [5.41, 5.74) is 0.0341. The van der Waals surface area contributed by atoms with Gasteiger partial charge in [-0.2, -0.15) is 0 Å². The fourth-order valence-electron chi connectivity index (χ4n) is 18.4. The number of carboxylic acid groups (broad SMARTS) is 1. The van der Waals surface area contributed by atoms with Crippen molar-refractivity contribution < 1.29 is 133 Å². The monoisotopic (exact) mass is 1280 g/mol. The van der Waals surface area contributed by atoms with E-state index in [4.69, 9.17) is 56.8 Å². The first-order valence-electron chi connectivity index (χ1n) is 32.2. The lowest BCUT2D eigenvalue weighted by Crippen LogP contribution is -2.66. The summed E-state index contributed by atoms with van der Waals surface area (Å²) < 4.78 is 70.8. The number of aliphatic hydroxyl groups is 13. The fraction of sp³-hybridized carbons (Fsp3) is 0.952. The van der Waals surface area contributed by atoms with Gasteiger partial charge in [-0.15, -0.1) is 0 Å². The van der Waals surface area contributed by atoms with E-state index >= 15 is 0 Å². The van der Waals surface area contributed by atoms with Crippen LogP contribution in [0.4, 0.5) is 0 Å². The van der Waals surface area contributed by atoms with Crippen LogP contribution in [0, 0.1) is 50.2 Å². The van der Waals surface area contributed by atoms with Gasteiger partial charge >= 0.3 is 5.97 Å². The van der Waals surface area contributed by atoms with Crippen LogP contribution >= 0.6 is 0 Å². The normalized spacial score (nSPS) is 55.0. The number of aliphatic hydroxyl groups excluding tert-OH is 13. The zero-order chi connectivity index (χ0) is 64.6. The molecule has 6 aliphatic heterocycles. The van der Waals surface area contributed by atoms with Crippen molar-refractivity contribution in [2.75, 3.05) is 26.4 Å². The van der Waals surface area contributed by atoms with E-state index in [2.05, 4.69) is 54.5 Å². The summed E-state index contributed by atoms with van der Waals surface area (Å²) in [4.78, 5) is 13.2. The van der Waals surface area contributed by atoms with Gasteiger partial charge in [0.15, 0.2) is 37.7 Å². The summed E-state index contributed by atoms with van der Waals surface area (Å²) in [6.45, 7) is 17.4. The number of aliphatic carboxylic acids is 1. The smallest absolute Gasteiger partial charge is 0.310 e.